The number of halogens is 1. The third-order valence-electron chi connectivity index (χ3n) is 2.08. The summed E-state index contributed by atoms with van der Waals surface area (Å²) in [6, 6.07) is 8.33. The van der Waals surface area contributed by atoms with Gasteiger partial charge < -0.3 is 0 Å². The first-order chi connectivity index (χ1) is 6.29. The van der Waals surface area contributed by atoms with E-state index < -0.39 is 20.1 Å². The molecule has 0 spiro atoms. The fourth-order valence-corrected chi connectivity index (χ4v) is 4.09. The molecule has 0 unspecified atom stereocenters. The van der Waals surface area contributed by atoms with Crippen molar-refractivity contribution < 1.29 is 4.74 Å². The Labute approximate surface area is 86.6 Å². The number of fused-ring (bicyclic) bond motifs is 1. The van der Waals surface area contributed by atoms with Gasteiger partial charge in [-0.1, -0.05) is 0 Å². The van der Waals surface area contributed by atoms with Gasteiger partial charge in [0.2, 0.25) is 0 Å². The number of ether oxygens (including phenoxy) is 1. The van der Waals surface area contributed by atoms with E-state index in [4.69, 9.17) is 4.74 Å². The Kier molecular flexibility index (Phi) is 2.62. The van der Waals surface area contributed by atoms with Crippen LogP contribution in [0.2, 0.25) is 0 Å². The minimum atomic E-state index is -0.900. The maximum atomic E-state index is 5.59. The number of alkyl halides is 2. The van der Waals surface area contributed by atoms with Crippen LogP contribution in [0.5, 0.6) is 5.75 Å². The molecule has 2 nitrogen and oxygen atoms in total. The van der Waals surface area contributed by atoms with Gasteiger partial charge in [0.1, 0.15) is 0 Å². The maximum absolute atomic E-state index is 5.59. The van der Waals surface area contributed by atoms with Crippen LogP contribution in [0.15, 0.2) is 24.3 Å². The summed E-state index contributed by atoms with van der Waals surface area (Å²) in [6.45, 7) is 1.90. The molecular weight excluding hydrogens is 277 g/mol. The van der Waals surface area contributed by atoms with Crippen LogP contribution in [0.3, 0.4) is 0 Å². The summed E-state index contributed by atoms with van der Waals surface area (Å²) in [5.41, 5.74) is 1.30. The zero-order valence-corrected chi connectivity index (χ0v) is 10.1. The molecule has 1 aromatic carbocycles. The molecule has 1 aliphatic heterocycles. The van der Waals surface area contributed by atoms with Crippen LogP contribution in [0.1, 0.15) is 0 Å². The van der Waals surface area contributed by atoms with E-state index in [2.05, 4.69) is 31.2 Å². The summed E-state index contributed by atoms with van der Waals surface area (Å²) in [5.74, 6) is 1.06. The molecule has 0 N–H and O–H groups in total. The second-order valence-corrected chi connectivity index (χ2v) is 8.37. The van der Waals surface area contributed by atoms with Crippen LogP contribution in [0.25, 0.3) is 0 Å². The molecule has 0 amide bonds. The number of benzene rings is 1. The third kappa shape index (κ3) is 1.75. The Bertz CT molecular complexity index is 301. The molecule has 0 radical (unpaired) electrons. The summed E-state index contributed by atoms with van der Waals surface area (Å²) in [4.78, 5) is 4.73. The van der Waals surface area contributed by atoms with Crippen molar-refractivity contribution in [3.8, 4) is 5.75 Å². The van der Waals surface area contributed by atoms with Gasteiger partial charge in [0.15, 0.2) is 0 Å². The topological polar surface area (TPSA) is 12.5 Å². The number of rotatable bonds is 1. The fraction of sp³-hybridized carbons (Fsp3) is 0.400. The van der Waals surface area contributed by atoms with Crippen molar-refractivity contribution in [1.82, 2.24) is 0 Å². The summed E-state index contributed by atoms with van der Waals surface area (Å²) < 4.78 is 8.12. The standard InChI is InChI=1S/C10H14INO/c1-11(2)12-7-8-13-10-6-4-3-5-9(10)12/h3-6H,7-8H2,1-2H3. The van der Waals surface area contributed by atoms with Crippen LogP contribution in [0, 0.1) is 0 Å². The van der Waals surface area contributed by atoms with Gasteiger partial charge >= 0.3 is 86.7 Å². The molecule has 2 rings (SSSR count). The van der Waals surface area contributed by atoms with Crippen molar-refractivity contribution in [2.24, 2.45) is 0 Å². The summed E-state index contributed by atoms with van der Waals surface area (Å²) >= 11 is -0.900. The first-order valence-corrected chi connectivity index (χ1v) is 9.56. The Morgan fingerprint density at radius 1 is 1.31 bits per heavy atom. The molecule has 0 aliphatic carbocycles. The van der Waals surface area contributed by atoms with Crippen LogP contribution in [-0.4, -0.2) is 23.0 Å². The quantitative estimate of drug-likeness (QED) is 0.448. The van der Waals surface area contributed by atoms with Gasteiger partial charge in [0, 0.05) is 0 Å². The molecule has 0 bridgehead atoms. The Balaban J connectivity index is 2.37. The second kappa shape index (κ2) is 3.74. The zero-order valence-electron chi connectivity index (χ0n) is 7.96. The van der Waals surface area contributed by atoms with Crippen LogP contribution in [-0.2, 0) is 0 Å². The number of hydrogen-bond donors (Lipinski definition) is 0. The Morgan fingerprint density at radius 3 is 2.85 bits per heavy atom. The fourth-order valence-electron chi connectivity index (χ4n) is 1.49. The molecule has 0 saturated heterocycles. The molecule has 1 aliphatic rings. The number of anilines is 1. The molecule has 3 heteroatoms. The molecule has 72 valence electrons. The number of nitrogens with zero attached hydrogens (tertiary/aromatic N) is 1. The number of para-hydroxylation sites is 2. The average Bonchev–Trinajstić information content (AvgIpc) is 2.17. The van der Waals surface area contributed by atoms with E-state index in [-0.39, 0.29) is 0 Å². The summed E-state index contributed by atoms with van der Waals surface area (Å²) in [5, 5.41) is 0. The van der Waals surface area contributed by atoms with Crippen molar-refractivity contribution in [2.75, 3.05) is 26.1 Å². The first-order valence-electron chi connectivity index (χ1n) is 4.28. The molecule has 13 heavy (non-hydrogen) atoms. The number of hydrogen-bond acceptors (Lipinski definition) is 2. The first kappa shape index (κ1) is 9.12. The van der Waals surface area contributed by atoms with E-state index in [1.54, 1.807) is 0 Å². The van der Waals surface area contributed by atoms with Crippen molar-refractivity contribution >= 4 is 25.8 Å². The normalized spacial score (nSPS) is 16.2. The Hall–Kier alpha value is -0.450. The monoisotopic (exact) mass is 291 g/mol. The van der Waals surface area contributed by atoms with Gasteiger partial charge in [-0.05, 0) is 0 Å². The molecule has 0 aromatic heterocycles. The molecule has 0 saturated carbocycles. The SMILES string of the molecule is CI(C)N1CCOc2ccccc21. The van der Waals surface area contributed by atoms with Gasteiger partial charge in [-0.3, -0.25) is 0 Å². The second-order valence-electron chi connectivity index (χ2n) is 3.12. The van der Waals surface area contributed by atoms with Crippen LogP contribution < -0.4 is 7.85 Å². The van der Waals surface area contributed by atoms with E-state index in [0.29, 0.717) is 0 Å². The van der Waals surface area contributed by atoms with Gasteiger partial charge in [0.05, 0.1) is 0 Å². The molecular formula is C10H14INO. The minimum absolute atomic E-state index is 0.840. The van der Waals surface area contributed by atoms with E-state index in [1.165, 1.54) is 5.69 Å². The van der Waals surface area contributed by atoms with Gasteiger partial charge in [-0.15, -0.1) is 0 Å². The predicted octanol–water partition coefficient (Wildman–Crippen LogP) is 2.57. The van der Waals surface area contributed by atoms with E-state index in [1.807, 2.05) is 6.07 Å². The van der Waals surface area contributed by atoms with Gasteiger partial charge in [0.25, 0.3) is 0 Å². The summed E-state index contributed by atoms with van der Waals surface area (Å²) in [7, 11) is 0. The third-order valence-corrected chi connectivity index (χ3v) is 5.41. The molecule has 1 heterocycles. The van der Waals surface area contributed by atoms with E-state index >= 15 is 0 Å². The van der Waals surface area contributed by atoms with Crippen LogP contribution >= 0.6 is 20.1 Å². The predicted molar refractivity (Wildman–Crippen MR) is 65.2 cm³/mol. The van der Waals surface area contributed by atoms with Crippen molar-refractivity contribution in [3.05, 3.63) is 24.3 Å². The summed E-state index contributed by atoms with van der Waals surface area (Å²) in [6.07, 6.45) is 0. The van der Waals surface area contributed by atoms with Crippen molar-refractivity contribution in [2.45, 2.75) is 0 Å². The average molecular weight is 291 g/mol. The molecule has 1 aromatic rings. The van der Waals surface area contributed by atoms with E-state index in [9.17, 15) is 0 Å². The van der Waals surface area contributed by atoms with Crippen molar-refractivity contribution in [1.29, 1.82) is 0 Å². The zero-order chi connectivity index (χ0) is 9.26. The van der Waals surface area contributed by atoms with Crippen LogP contribution in [0.4, 0.5) is 5.69 Å². The molecule has 0 fully saturated rings. The van der Waals surface area contributed by atoms with Gasteiger partial charge in [-0.2, -0.15) is 0 Å². The van der Waals surface area contributed by atoms with E-state index in [0.717, 1.165) is 18.9 Å². The van der Waals surface area contributed by atoms with Gasteiger partial charge in [-0.25, -0.2) is 0 Å². The van der Waals surface area contributed by atoms with Crippen molar-refractivity contribution in [3.63, 3.8) is 0 Å². The Morgan fingerprint density at radius 2 is 2.08 bits per heavy atom. The molecule has 0 atom stereocenters.